The number of anilines is 2. The topological polar surface area (TPSA) is 117 Å². The van der Waals surface area contributed by atoms with Crippen molar-refractivity contribution in [1.29, 1.82) is 5.26 Å². The number of aryl methyl sites for hydroxylation is 1. The highest BCUT2D eigenvalue weighted by Gasteiger charge is 2.26. The van der Waals surface area contributed by atoms with Crippen LogP contribution in [0, 0.1) is 11.3 Å². The van der Waals surface area contributed by atoms with Crippen LogP contribution in [0.2, 0.25) is 0 Å². The molecular weight excluding hydrogens is 418 g/mol. The van der Waals surface area contributed by atoms with Gasteiger partial charge in [0.25, 0.3) is 17.7 Å². The zero-order valence-corrected chi connectivity index (χ0v) is 17.2. The van der Waals surface area contributed by atoms with Crippen molar-refractivity contribution >= 4 is 45.7 Å². The molecule has 3 amide bonds. The first kappa shape index (κ1) is 20.5. The van der Waals surface area contributed by atoms with E-state index >= 15 is 0 Å². The Morgan fingerprint density at radius 2 is 1.90 bits per heavy atom. The number of hydrogen-bond donors (Lipinski definition) is 1. The van der Waals surface area contributed by atoms with E-state index in [4.69, 9.17) is 4.74 Å². The maximum atomic E-state index is 12.4. The number of carbonyl (C=O) groups is 4. The van der Waals surface area contributed by atoms with E-state index in [1.54, 1.807) is 0 Å². The lowest BCUT2D eigenvalue weighted by Crippen LogP contribution is -2.29. The molecule has 31 heavy (non-hydrogen) atoms. The number of ether oxygens (including phenoxy) is 1. The number of imide groups is 1. The van der Waals surface area contributed by atoms with E-state index in [0.717, 1.165) is 53.2 Å². The highest BCUT2D eigenvalue weighted by molar-refractivity contribution is 7.16. The van der Waals surface area contributed by atoms with Gasteiger partial charge in [0, 0.05) is 17.0 Å². The predicted molar refractivity (Wildman–Crippen MR) is 113 cm³/mol. The van der Waals surface area contributed by atoms with Gasteiger partial charge in [-0.1, -0.05) is 6.07 Å². The maximum Gasteiger partial charge on any atom is 0.338 e. The summed E-state index contributed by atoms with van der Waals surface area (Å²) >= 11 is 1.39. The van der Waals surface area contributed by atoms with Gasteiger partial charge in [0.2, 0.25) is 0 Å². The molecule has 0 unspecified atom stereocenters. The molecule has 1 aromatic carbocycles. The molecule has 2 heterocycles. The van der Waals surface area contributed by atoms with Gasteiger partial charge in [-0.25, -0.2) is 9.69 Å². The molecule has 2 aromatic rings. The minimum absolute atomic E-state index is 0.0992. The minimum Gasteiger partial charge on any atom is -0.452 e. The fraction of sp³-hybridized carbons (Fsp3) is 0.227. The van der Waals surface area contributed by atoms with Crippen LogP contribution in [0.3, 0.4) is 0 Å². The second-order valence-corrected chi connectivity index (χ2v) is 8.15. The summed E-state index contributed by atoms with van der Waals surface area (Å²) in [5, 5.41) is 12.6. The molecule has 0 saturated heterocycles. The lowest BCUT2D eigenvalue weighted by Gasteiger charge is -2.14. The van der Waals surface area contributed by atoms with Crippen LogP contribution in [-0.4, -0.2) is 30.3 Å². The van der Waals surface area contributed by atoms with Crippen molar-refractivity contribution in [1.82, 2.24) is 0 Å². The van der Waals surface area contributed by atoms with Crippen molar-refractivity contribution < 1.29 is 23.9 Å². The van der Waals surface area contributed by atoms with Gasteiger partial charge in [-0.3, -0.25) is 14.4 Å². The largest absolute Gasteiger partial charge is 0.452 e. The summed E-state index contributed by atoms with van der Waals surface area (Å²) in [6, 6.07) is 8.01. The standard InChI is InChI=1S/C22H17N3O5S/c23-11-16-15-6-1-2-7-17(15)31-21(16)24-18(26)12-30-22(29)13-4-3-5-14(10-13)25-19(27)8-9-20(25)28/h3-5,8-10H,1-2,6-7,12H2,(H,24,26). The highest BCUT2D eigenvalue weighted by Crippen LogP contribution is 2.37. The molecule has 1 N–H and O–H groups in total. The van der Waals surface area contributed by atoms with Gasteiger partial charge >= 0.3 is 5.97 Å². The highest BCUT2D eigenvalue weighted by atomic mass is 32.1. The van der Waals surface area contributed by atoms with Gasteiger partial charge in [-0.15, -0.1) is 11.3 Å². The third-order valence-electron chi connectivity index (χ3n) is 5.02. The third kappa shape index (κ3) is 4.11. The molecule has 1 aliphatic carbocycles. The Labute approximate surface area is 181 Å². The van der Waals surface area contributed by atoms with E-state index in [-0.39, 0.29) is 11.3 Å². The van der Waals surface area contributed by atoms with Gasteiger partial charge in [0.15, 0.2) is 6.61 Å². The fourth-order valence-electron chi connectivity index (χ4n) is 3.58. The quantitative estimate of drug-likeness (QED) is 0.570. The second kappa shape index (κ2) is 8.53. The van der Waals surface area contributed by atoms with E-state index < -0.39 is 30.3 Å². The van der Waals surface area contributed by atoms with Gasteiger partial charge in [-0.2, -0.15) is 5.26 Å². The van der Waals surface area contributed by atoms with E-state index in [9.17, 15) is 24.4 Å². The molecule has 8 nitrogen and oxygen atoms in total. The van der Waals surface area contributed by atoms with E-state index in [1.807, 2.05) is 0 Å². The van der Waals surface area contributed by atoms with Crippen LogP contribution in [0.5, 0.6) is 0 Å². The van der Waals surface area contributed by atoms with Crippen molar-refractivity contribution in [2.45, 2.75) is 25.7 Å². The molecule has 0 atom stereocenters. The first-order valence-electron chi connectivity index (χ1n) is 9.65. The minimum atomic E-state index is -0.768. The molecule has 0 saturated carbocycles. The number of thiophene rings is 1. The molecular formula is C22H17N3O5S. The lowest BCUT2D eigenvalue weighted by atomic mass is 9.96. The number of amides is 3. The van der Waals surface area contributed by atoms with Crippen LogP contribution in [0.25, 0.3) is 0 Å². The summed E-state index contributed by atoms with van der Waals surface area (Å²) in [5.41, 5.74) is 1.83. The summed E-state index contributed by atoms with van der Waals surface area (Å²) < 4.78 is 5.08. The normalized spacial score (nSPS) is 14.9. The van der Waals surface area contributed by atoms with E-state index in [2.05, 4.69) is 11.4 Å². The van der Waals surface area contributed by atoms with Gasteiger partial charge < -0.3 is 10.1 Å². The number of nitrogens with one attached hydrogen (secondary N) is 1. The monoisotopic (exact) mass is 435 g/mol. The van der Waals surface area contributed by atoms with E-state index in [1.165, 1.54) is 35.6 Å². The summed E-state index contributed by atoms with van der Waals surface area (Å²) in [7, 11) is 0. The molecule has 4 rings (SSSR count). The molecule has 156 valence electrons. The number of carbonyl (C=O) groups excluding carboxylic acids is 4. The van der Waals surface area contributed by atoms with Crippen LogP contribution in [0.15, 0.2) is 36.4 Å². The predicted octanol–water partition coefficient (Wildman–Crippen LogP) is 2.72. The van der Waals surface area contributed by atoms with Crippen LogP contribution >= 0.6 is 11.3 Å². The van der Waals surface area contributed by atoms with Gasteiger partial charge in [-0.05, 0) is 49.4 Å². The van der Waals surface area contributed by atoms with Gasteiger partial charge in [0.05, 0.1) is 16.8 Å². The molecule has 0 radical (unpaired) electrons. The van der Waals surface area contributed by atoms with Crippen molar-refractivity contribution in [2.75, 3.05) is 16.8 Å². The number of fused-ring (bicyclic) bond motifs is 1. The summed E-state index contributed by atoms with van der Waals surface area (Å²) in [5.74, 6) is -2.31. The third-order valence-corrected chi connectivity index (χ3v) is 6.23. The molecule has 9 heteroatoms. The first-order valence-corrected chi connectivity index (χ1v) is 10.5. The molecule has 2 aliphatic rings. The Balaban J connectivity index is 1.39. The average molecular weight is 435 g/mol. The number of nitrogens with zero attached hydrogens (tertiary/aromatic N) is 2. The summed E-state index contributed by atoms with van der Waals surface area (Å²) in [6.45, 7) is -0.528. The Bertz CT molecular complexity index is 1160. The average Bonchev–Trinajstić information content (AvgIpc) is 3.30. The van der Waals surface area contributed by atoms with Crippen molar-refractivity contribution in [3.63, 3.8) is 0 Å². The molecule has 1 aliphatic heterocycles. The summed E-state index contributed by atoms with van der Waals surface area (Å²) in [6.07, 6.45) is 6.10. The maximum absolute atomic E-state index is 12.4. The zero-order chi connectivity index (χ0) is 22.0. The number of rotatable bonds is 5. The van der Waals surface area contributed by atoms with Crippen LogP contribution in [-0.2, 0) is 32.0 Å². The first-order chi connectivity index (χ1) is 15.0. The van der Waals surface area contributed by atoms with Crippen molar-refractivity contribution in [3.05, 3.63) is 58.0 Å². The lowest BCUT2D eigenvalue weighted by molar-refractivity contribution is -0.120. The van der Waals surface area contributed by atoms with Gasteiger partial charge in [0.1, 0.15) is 11.1 Å². The summed E-state index contributed by atoms with van der Waals surface area (Å²) in [4.78, 5) is 50.3. The molecule has 0 spiro atoms. The number of nitriles is 1. The Kier molecular flexibility index (Phi) is 5.64. The smallest absolute Gasteiger partial charge is 0.338 e. The van der Waals surface area contributed by atoms with Crippen molar-refractivity contribution in [2.24, 2.45) is 0 Å². The second-order valence-electron chi connectivity index (χ2n) is 7.05. The SMILES string of the molecule is N#Cc1c(NC(=O)COC(=O)c2cccc(N3C(=O)C=CC3=O)c2)sc2c1CCCC2. The van der Waals surface area contributed by atoms with Crippen molar-refractivity contribution in [3.8, 4) is 6.07 Å². The number of benzene rings is 1. The Morgan fingerprint density at radius 3 is 2.65 bits per heavy atom. The van der Waals surface area contributed by atoms with Crippen LogP contribution in [0.4, 0.5) is 10.7 Å². The Morgan fingerprint density at radius 1 is 1.16 bits per heavy atom. The van der Waals surface area contributed by atoms with E-state index in [0.29, 0.717) is 10.6 Å². The van der Waals surface area contributed by atoms with Crippen LogP contribution < -0.4 is 10.2 Å². The molecule has 0 bridgehead atoms. The van der Waals surface area contributed by atoms with Crippen LogP contribution in [0.1, 0.15) is 39.2 Å². The number of esters is 1. The Hall–Kier alpha value is -3.77. The fourth-order valence-corrected chi connectivity index (χ4v) is 4.83. The molecule has 0 fully saturated rings. The number of hydrogen-bond acceptors (Lipinski definition) is 7. The molecule has 1 aromatic heterocycles. The zero-order valence-electron chi connectivity index (χ0n) is 16.3.